The molecule has 0 radical (unpaired) electrons. The van der Waals surface area contributed by atoms with Gasteiger partial charge in [-0.2, -0.15) is 0 Å². The first-order valence-electron chi connectivity index (χ1n) is 6.15. The van der Waals surface area contributed by atoms with E-state index < -0.39 is 0 Å². The summed E-state index contributed by atoms with van der Waals surface area (Å²) in [6.07, 6.45) is 1.34. The Morgan fingerprint density at radius 2 is 2.22 bits per heavy atom. The Morgan fingerprint density at radius 1 is 1.44 bits per heavy atom. The van der Waals surface area contributed by atoms with Gasteiger partial charge in [-0.25, -0.2) is 0 Å². The molecule has 4 heteroatoms. The minimum atomic E-state index is 0.0885. The number of carbonyl (C=O) groups is 1. The van der Waals surface area contributed by atoms with Gasteiger partial charge in [0.1, 0.15) is 0 Å². The van der Waals surface area contributed by atoms with Crippen LogP contribution in [-0.2, 0) is 11.2 Å². The van der Waals surface area contributed by atoms with Crippen LogP contribution in [0.4, 0.5) is 0 Å². The molecule has 2 rings (SSSR count). The summed E-state index contributed by atoms with van der Waals surface area (Å²) in [5, 5.41) is 4.77. The van der Waals surface area contributed by atoms with E-state index in [4.69, 9.17) is 11.6 Å². The summed E-state index contributed by atoms with van der Waals surface area (Å²) < 4.78 is 0. The Balaban J connectivity index is 2.19. The van der Waals surface area contributed by atoms with Crippen LogP contribution in [0.3, 0.4) is 0 Å². The molecule has 0 saturated carbocycles. The van der Waals surface area contributed by atoms with Crippen LogP contribution in [0, 0.1) is 6.92 Å². The molecule has 0 fully saturated rings. The molecule has 1 aromatic heterocycles. The number of nitrogens with one attached hydrogen (secondary N) is 2. The van der Waals surface area contributed by atoms with Gasteiger partial charge in [-0.15, -0.1) is 0 Å². The second-order valence-electron chi connectivity index (χ2n) is 4.37. The molecule has 0 aliphatic heterocycles. The lowest BCUT2D eigenvalue weighted by atomic mass is 10.1. The monoisotopic (exact) mass is 264 g/mol. The number of carbonyl (C=O) groups excluding carboxylic acids is 1. The number of H-pyrrole nitrogens is 1. The van der Waals surface area contributed by atoms with Crippen molar-refractivity contribution in [2.24, 2.45) is 0 Å². The minimum absolute atomic E-state index is 0.0885. The average molecular weight is 265 g/mol. The Labute approximate surface area is 112 Å². The molecule has 2 N–H and O–H groups in total. The molecular weight excluding hydrogens is 248 g/mol. The zero-order valence-corrected chi connectivity index (χ0v) is 11.4. The second-order valence-corrected chi connectivity index (χ2v) is 4.81. The van der Waals surface area contributed by atoms with Crippen LogP contribution < -0.4 is 5.32 Å². The molecule has 0 spiro atoms. The van der Waals surface area contributed by atoms with E-state index in [2.05, 4.69) is 10.3 Å². The first kappa shape index (κ1) is 13.0. The Kier molecular flexibility index (Phi) is 3.92. The van der Waals surface area contributed by atoms with Gasteiger partial charge in [0.2, 0.25) is 5.91 Å². The molecule has 0 atom stereocenters. The lowest BCUT2D eigenvalue weighted by Gasteiger charge is -2.04. The summed E-state index contributed by atoms with van der Waals surface area (Å²) in [5.74, 6) is 0.0885. The standard InChI is InChI=1S/C14H17ClN2O/c1-3-14(18)16-7-6-11-9(2)17-13-5-4-10(15)8-12(11)13/h4-5,8,17H,3,6-7H2,1-2H3,(H,16,18). The molecule has 0 aliphatic carbocycles. The molecule has 3 nitrogen and oxygen atoms in total. The molecule has 1 heterocycles. The third-order valence-corrected chi connectivity index (χ3v) is 3.33. The van der Waals surface area contributed by atoms with Crippen molar-refractivity contribution in [3.8, 4) is 0 Å². The van der Waals surface area contributed by atoms with Crippen molar-refractivity contribution in [3.63, 3.8) is 0 Å². The largest absolute Gasteiger partial charge is 0.358 e. The topological polar surface area (TPSA) is 44.9 Å². The first-order chi connectivity index (χ1) is 8.61. The highest BCUT2D eigenvalue weighted by atomic mass is 35.5. The fraction of sp³-hybridized carbons (Fsp3) is 0.357. The SMILES string of the molecule is CCC(=O)NCCc1c(C)[nH]c2ccc(Cl)cc12. The summed E-state index contributed by atoms with van der Waals surface area (Å²) in [6, 6.07) is 5.83. The highest BCUT2D eigenvalue weighted by molar-refractivity contribution is 6.31. The van der Waals surface area contributed by atoms with E-state index in [1.54, 1.807) is 0 Å². The summed E-state index contributed by atoms with van der Waals surface area (Å²) in [5.41, 5.74) is 3.45. The van der Waals surface area contributed by atoms with Crippen LogP contribution in [0.2, 0.25) is 5.02 Å². The number of fused-ring (bicyclic) bond motifs is 1. The molecule has 0 saturated heterocycles. The molecule has 1 amide bonds. The molecule has 18 heavy (non-hydrogen) atoms. The number of benzene rings is 1. The number of halogens is 1. The molecule has 0 bridgehead atoms. The predicted molar refractivity (Wildman–Crippen MR) is 75.1 cm³/mol. The number of aromatic nitrogens is 1. The van der Waals surface area contributed by atoms with Crippen molar-refractivity contribution in [1.82, 2.24) is 10.3 Å². The number of hydrogen-bond acceptors (Lipinski definition) is 1. The van der Waals surface area contributed by atoms with E-state index in [1.807, 2.05) is 32.0 Å². The van der Waals surface area contributed by atoms with Crippen LogP contribution in [0.1, 0.15) is 24.6 Å². The van der Waals surface area contributed by atoms with Gasteiger partial charge in [0.05, 0.1) is 0 Å². The van der Waals surface area contributed by atoms with Crippen LogP contribution in [-0.4, -0.2) is 17.4 Å². The van der Waals surface area contributed by atoms with Gasteiger partial charge >= 0.3 is 0 Å². The van der Waals surface area contributed by atoms with Gasteiger partial charge < -0.3 is 10.3 Å². The van der Waals surface area contributed by atoms with E-state index in [9.17, 15) is 4.79 Å². The number of rotatable bonds is 4. The molecule has 1 aromatic carbocycles. The number of hydrogen-bond donors (Lipinski definition) is 2. The van der Waals surface area contributed by atoms with Gasteiger partial charge in [0.15, 0.2) is 0 Å². The summed E-state index contributed by atoms with van der Waals surface area (Å²) in [6.45, 7) is 4.56. The van der Waals surface area contributed by atoms with Crippen molar-refractivity contribution in [2.75, 3.05) is 6.54 Å². The van der Waals surface area contributed by atoms with Gasteiger partial charge in [0.25, 0.3) is 0 Å². The maximum Gasteiger partial charge on any atom is 0.219 e. The maximum absolute atomic E-state index is 11.2. The zero-order valence-electron chi connectivity index (χ0n) is 10.6. The molecule has 0 aliphatic rings. The van der Waals surface area contributed by atoms with E-state index in [-0.39, 0.29) is 5.91 Å². The van der Waals surface area contributed by atoms with E-state index in [0.29, 0.717) is 13.0 Å². The predicted octanol–water partition coefficient (Wildman–Crippen LogP) is 3.20. The lowest BCUT2D eigenvalue weighted by Crippen LogP contribution is -2.24. The van der Waals surface area contributed by atoms with Crippen LogP contribution in [0.5, 0.6) is 0 Å². The molecule has 96 valence electrons. The van der Waals surface area contributed by atoms with Gasteiger partial charge in [-0.3, -0.25) is 4.79 Å². The number of aromatic amines is 1. The summed E-state index contributed by atoms with van der Waals surface area (Å²) in [7, 11) is 0. The van der Waals surface area contributed by atoms with Gasteiger partial charge in [0, 0.05) is 34.6 Å². The molecular formula is C14H17ClN2O. The Hall–Kier alpha value is -1.48. The van der Waals surface area contributed by atoms with Crippen molar-refractivity contribution in [3.05, 3.63) is 34.5 Å². The second kappa shape index (κ2) is 5.44. The summed E-state index contributed by atoms with van der Waals surface area (Å²) in [4.78, 5) is 14.5. The zero-order chi connectivity index (χ0) is 13.1. The highest BCUT2D eigenvalue weighted by Gasteiger charge is 2.08. The quantitative estimate of drug-likeness (QED) is 0.875. The third-order valence-electron chi connectivity index (χ3n) is 3.10. The van der Waals surface area contributed by atoms with E-state index >= 15 is 0 Å². The smallest absolute Gasteiger partial charge is 0.219 e. The van der Waals surface area contributed by atoms with Crippen molar-refractivity contribution < 1.29 is 4.79 Å². The van der Waals surface area contributed by atoms with Crippen molar-refractivity contribution in [2.45, 2.75) is 26.7 Å². The highest BCUT2D eigenvalue weighted by Crippen LogP contribution is 2.25. The summed E-state index contributed by atoms with van der Waals surface area (Å²) >= 11 is 6.02. The van der Waals surface area contributed by atoms with E-state index in [1.165, 1.54) is 5.56 Å². The minimum Gasteiger partial charge on any atom is -0.358 e. The molecule has 0 unspecified atom stereocenters. The van der Waals surface area contributed by atoms with E-state index in [0.717, 1.165) is 28.0 Å². The fourth-order valence-corrected chi connectivity index (χ4v) is 2.30. The fourth-order valence-electron chi connectivity index (χ4n) is 2.13. The van der Waals surface area contributed by atoms with Crippen LogP contribution in [0.25, 0.3) is 10.9 Å². The van der Waals surface area contributed by atoms with Crippen molar-refractivity contribution in [1.29, 1.82) is 0 Å². The van der Waals surface area contributed by atoms with Crippen LogP contribution in [0.15, 0.2) is 18.2 Å². The first-order valence-corrected chi connectivity index (χ1v) is 6.53. The Morgan fingerprint density at radius 3 is 2.94 bits per heavy atom. The number of amides is 1. The normalized spacial score (nSPS) is 10.8. The average Bonchev–Trinajstić information content (AvgIpc) is 2.65. The van der Waals surface area contributed by atoms with Crippen LogP contribution >= 0.6 is 11.6 Å². The molecule has 2 aromatic rings. The van der Waals surface area contributed by atoms with Gasteiger partial charge in [-0.05, 0) is 37.1 Å². The van der Waals surface area contributed by atoms with Crippen molar-refractivity contribution >= 4 is 28.4 Å². The lowest BCUT2D eigenvalue weighted by molar-refractivity contribution is -0.120. The number of aryl methyl sites for hydroxylation is 1. The third kappa shape index (κ3) is 2.67. The maximum atomic E-state index is 11.2. The Bertz CT molecular complexity index is 574. The van der Waals surface area contributed by atoms with Gasteiger partial charge in [-0.1, -0.05) is 18.5 Å².